The lowest BCUT2D eigenvalue weighted by molar-refractivity contribution is -0.146. The second kappa shape index (κ2) is 17.1. The fourth-order valence-electron chi connectivity index (χ4n) is 3.54. The van der Waals surface area contributed by atoms with E-state index in [0.29, 0.717) is 12.5 Å². The van der Waals surface area contributed by atoms with E-state index in [1.807, 2.05) is 4.90 Å². The Kier molecular flexibility index (Phi) is 15.4. The van der Waals surface area contributed by atoms with Crippen molar-refractivity contribution in [2.24, 2.45) is 0 Å². The Morgan fingerprint density at radius 1 is 0.821 bits per heavy atom. The molecule has 164 valence electrons. The van der Waals surface area contributed by atoms with Crippen molar-refractivity contribution in [3.63, 3.8) is 0 Å². The molecule has 28 heavy (non-hydrogen) atoms. The Labute approximate surface area is 177 Å². The molecule has 1 rings (SSSR count). The molecule has 0 aromatic carbocycles. The zero-order valence-electron chi connectivity index (χ0n) is 17.9. The maximum Gasteiger partial charge on any atom is 0.306 e. The number of ether oxygens (including phenoxy) is 1. The second-order valence-electron chi connectivity index (χ2n) is 7.81. The summed E-state index contributed by atoms with van der Waals surface area (Å²) in [5.74, 6) is 0.506. The van der Waals surface area contributed by atoms with E-state index in [2.05, 4.69) is 11.8 Å². The van der Waals surface area contributed by atoms with Crippen LogP contribution in [0.15, 0.2) is 0 Å². The van der Waals surface area contributed by atoms with Gasteiger partial charge >= 0.3 is 5.97 Å². The van der Waals surface area contributed by atoms with Gasteiger partial charge in [0.25, 0.3) is 0 Å². The van der Waals surface area contributed by atoms with Crippen molar-refractivity contribution < 1.29 is 14.3 Å². The van der Waals surface area contributed by atoms with Crippen LogP contribution in [0.3, 0.4) is 0 Å². The number of unbranched alkanes of at least 4 members (excludes halogenated alkanes) is 8. The molecule has 0 aliphatic carbocycles. The van der Waals surface area contributed by atoms with Crippen LogP contribution in [0, 0.1) is 0 Å². The summed E-state index contributed by atoms with van der Waals surface area (Å²) in [6.07, 6.45) is 12.7. The molecular formula is C22H41ClN2O3. The number of halogens is 1. The van der Waals surface area contributed by atoms with Gasteiger partial charge in [-0.05, 0) is 19.4 Å². The van der Waals surface area contributed by atoms with Crippen molar-refractivity contribution in [1.82, 2.24) is 9.80 Å². The van der Waals surface area contributed by atoms with Gasteiger partial charge in [-0.15, -0.1) is 11.6 Å². The predicted molar refractivity (Wildman–Crippen MR) is 116 cm³/mol. The summed E-state index contributed by atoms with van der Waals surface area (Å²) >= 11 is 5.72. The summed E-state index contributed by atoms with van der Waals surface area (Å²) in [5.41, 5.74) is 0. The molecular weight excluding hydrogens is 376 g/mol. The highest BCUT2D eigenvalue weighted by molar-refractivity contribution is 6.17. The third-order valence-corrected chi connectivity index (χ3v) is 5.65. The monoisotopic (exact) mass is 416 g/mol. The smallest absolute Gasteiger partial charge is 0.306 e. The van der Waals surface area contributed by atoms with Crippen LogP contribution in [0.2, 0.25) is 0 Å². The van der Waals surface area contributed by atoms with E-state index < -0.39 is 0 Å². The first-order valence-corrected chi connectivity index (χ1v) is 11.9. The summed E-state index contributed by atoms with van der Waals surface area (Å²) < 4.78 is 5.27. The SMILES string of the molecule is CCCCCCCCCCCOC(=O)CCC(=O)N1CCN(CCCCl)CC1. The number of esters is 1. The van der Waals surface area contributed by atoms with Crippen molar-refractivity contribution in [3.8, 4) is 0 Å². The molecule has 0 atom stereocenters. The zero-order chi connectivity index (χ0) is 20.5. The second-order valence-corrected chi connectivity index (χ2v) is 8.19. The lowest BCUT2D eigenvalue weighted by Crippen LogP contribution is -2.48. The lowest BCUT2D eigenvalue weighted by atomic mass is 10.1. The third kappa shape index (κ3) is 12.6. The summed E-state index contributed by atoms with van der Waals surface area (Å²) in [4.78, 5) is 28.3. The molecule has 0 aromatic heterocycles. The Morgan fingerprint density at radius 3 is 2.04 bits per heavy atom. The van der Waals surface area contributed by atoms with Gasteiger partial charge in [0.05, 0.1) is 13.0 Å². The van der Waals surface area contributed by atoms with Crippen LogP contribution in [0.4, 0.5) is 0 Å². The molecule has 1 aliphatic heterocycles. The molecule has 1 saturated heterocycles. The van der Waals surface area contributed by atoms with Gasteiger partial charge in [-0.2, -0.15) is 0 Å². The first-order valence-electron chi connectivity index (χ1n) is 11.4. The molecule has 6 heteroatoms. The van der Waals surface area contributed by atoms with Gasteiger partial charge in [0, 0.05) is 38.5 Å². The average Bonchev–Trinajstić information content (AvgIpc) is 2.72. The number of carbonyl (C=O) groups is 2. The van der Waals surface area contributed by atoms with Crippen LogP contribution in [-0.2, 0) is 14.3 Å². The molecule has 5 nitrogen and oxygen atoms in total. The molecule has 0 aromatic rings. The highest BCUT2D eigenvalue weighted by Gasteiger charge is 2.21. The number of alkyl halides is 1. The quantitative estimate of drug-likeness (QED) is 0.209. The predicted octanol–water partition coefficient (Wildman–Crippen LogP) is 4.61. The maximum absolute atomic E-state index is 12.2. The van der Waals surface area contributed by atoms with Crippen LogP contribution < -0.4 is 0 Å². The van der Waals surface area contributed by atoms with Gasteiger partial charge in [-0.1, -0.05) is 58.3 Å². The minimum atomic E-state index is -0.242. The summed E-state index contributed by atoms with van der Waals surface area (Å²) in [5, 5.41) is 0. The number of hydrogen-bond acceptors (Lipinski definition) is 4. The van der Waals surface area contributed by atoms with Gasteiger partial charge in [-0.3, -0.25) is 14.5 Å². The number of piperazine rings is 1. The van der Waals surface area contributed by atoms with E-state index in [-0.39, 0.29) is 24.7 Å². The summed E-state index contributed by atoms with van der Waals surface area (Å²) in [6.45, 7) is 7.00. The maximum atomic E-state index is 12.2. The molecule has 0 bridgehead atoms. The molecule has 0 N–H and O–H groups in total. The van der Waals surface area contributed by atoms with Crippen molar-refractivity contribution in [2.75, 3.05) is 45.2 Å². The van der Waals surface area contributed by atoms with Gasteiger partial charge < -0.3 is 9.64 Å². The van der Waals surface area contributed by atoms with Crippen LogP contribution in [0.25, 0.3) is 0 Å². The van der Waals surface area contributed by atoms with E-state index in [0.717, 1.165) is 52.0 Å². The molecule has 1 fully saturated rings. The van der Waals surface area contributed by atoms with E-state index >= 15 is 0 Å². The Bertz CT molecular complexity index is 413. The van der Waals surface area contributed by atoms with Crippen LogP contribution in [-0.4, -0.2) is 66.9 Å². The van der Waals surface area contributed by atoms with E-state index in [9.17, 15) is 9.59 Å². The Morgan fingerprint density at radius 2 is 1.43 bits per heavy atom. The fraction of sp³-hybridized carbons (Fsp3) is 0.909. The topological polar surface area (TPSA) is 49.9 Å². The standard InChI is InChI=1S/C22H41ClN2O3/c1-2-3-4-5-6-7-8-9-10-20-28-22(27)13-12-21(26)25-18-16-24(17-19-25)15-11-14-23/h2-20H2,1H3. The van der Waals surface area contributed by atoms with Crippen molar-refractivity contribution in [1.29, 1.82) is 0 Å². The largest absolute Gasteiger partial charge is 0.466 e. The number of carbonyl (C=O) groups excluding carboxylic acids is 2. The van der Waals surface area contributed by atoms with Gasteiger partial charge in [0.1, 0.15) is 0 Å². The van der Waals surface area contributed by atoms with E-state index in [1.54, 1.807) is 0 Å². The average molecular weight is 417 g/mol. The normalized spacial score (nSPS) is 15.0. The Balaban J connectivity index is 1.95. The van der Waals surface area contributed by atoms with E-state index in [4.69, 9.17) is 16.3 Å². The number of amides is 1. The third-order valence-electron chi connectivity index (χ3n) is 5.39. The minimum absolute atomic E-state index is 0.0667. The van der Waals surface area contributed by atoms with E-state index in [1.165, 1.54) is 44.9 Å². The summed E-state index contributed by atoms with van der Waals surface area (Å²) in [6, 6.07) is 0. The molecule has 0 unspecified atom stereocenters. The highest BCUT2D eigenvalue weighted by atomic mass is 35.5. The molecule has 0 radical (unpaired) electrons. The molecule has 1 amide bonds. The number of nitrogens with zero attached hydrogens (tertiary/aromatic N) is 2. The van der Waals surface area contributed by atoms with Gasteiger partial charge in [-0.25, -0.2) is 0 Å². The Hall–Kier alpha value is -0.810. The number of hydrogen-bond donors (Lipinski definition) is 0. The summed E-state index contributed by atoms with van der Waals surface area (Å²) in [7, 11) is 0. The van der Waals surface area contributed by atoms with Crippen molar-refractivity contribution >= 4 is 23.5 Å². The minimum Gasteiger partial charge on any atom is -0.466 e. The van der Waals surface area contributed by atoms with Crippen molar-refractivity contribution in [2.45, 2.75) is 84.0 Å². The number of rotatable bonds is 16. The first-order chi connectivity index (χ1) is 13.7. The molecule has 0 spiro atoms. The lowest BCUT2D eigenvalue weighted by Gasteiger charge is -2.34. The molecule has 0 saturated carbocycles. The first kappa shape index (κ1) is 25.2. The van der Waals surface area contributed by atoms with Gasteiger partial charge in [0.15, 0.2) is 0 Å². The van der Waals surface area contributed by atoms with Gasteiger partial charge in [0.2, 0.25) is 5.91 Å². The molecule has 1 aliphatic rings. The highest BCUT2D eigenvalue weighted by Crippen LogP contribution is 2.10. The van der Waals surface area contributed by atoms with Crippen LogP contribution >= 0.6 is 11.6 Å². The van der Waals surface area contributed by atoms with Crippen LogP contribution in [0.1, 0.15) is 84.0 Å². The molecule has 1 heterocycles. The zero-order valence-corrected chi connectivity index (χ0v) is 18.7. The van der Waals surface area contributed by atoms with Crippen molar-refractivity contribution in [3.05, 3.63) is 0 Å². The fourth-order valence-corrected chi connectivity index (χ4v) is 3.66. The van der Waals surface area contributed by atoms with Crippen LogP contribution in [0.5, 0.6) is 0 Å².